The Bertz CT molecular complexity index is 484. The minimum absolute atomic E-state index is 0.177. The molecule has 2 atom stereocenters. The lowest BCUT2D eigenvalue weighted by molar-refractivity contribution is -0.140. The molecule has 6 nitrogen and oxygen atoms in total. The zero-order valence-corrected chi connectivity index (χ0v) is 12.7. The van der Waals surface area contributed by atoms with Gasteiger partial charge >= 0.3 is 5.97 Å². The first kappa shape index (κ1) is 14.6. The highest BCUT2D eigenvalue weighted by molar-refractivity contribution is 8.01. The molecule has 0 amide bonds. The molecule has 1 N–H and O–H groups in total. The molecule has 2 aliphatic heterocycles. The predicted molar refractivity (Wildman–Crippen MR) is 75.0 cm³/mol. The van der Waals surface area contributed by atoms with E-state index >= 15 is 0 Å². The molecule has 2 saturated heterocycles. The van der Waals surface area contributed by atoms with E-state index in [0.29, 0.717) is 37.7 Å². The van der Waals surface area contributed by atoms with Crippen LogP contribution in [0.3, 0.4) is 0 Å². The van der Waals surface area contributed by atoms with Crippen molar-refractivity contribution >= 4 is 27.8 Å². The Morgan fingerprint density at radius 1 is 1.20 bits per heavy atom. The predicted octanol–water partition coefficient (Wildman–Crippen LogP) is 0.733. The maximum Gasteiger partial charge on any atom is 0.322 e. The van der Waals surface area contributed by atoms with Crippen molar-refractivity contribution in [3.63, 3.8) is 0 Å². The molecular formula is C12H19NO5S2. The lowest BCUT2D eigenvalue weighted by Gasteiger charge is -2.32. The minimum Gasteiger partial charge on any atom is -0.480 e. The van der Waals surface area contributed by atoms with Gasteiger partial charge in [0.15, 0.2) is 0 Å². The smallest absolute Gasteiger partial charge is 0.322 e. The van der Waals surface area contributed by atoms with E-state index < -0.39 is 27.3 Å². The number of ether oxygens (including phenoxy) is 1. The molecular weight excluding hydrogens is 302 g/mol. The molecule has 20 heavy (non-hydrogen) atoms. The van der Waals surface area contributed by atoms with Crippen LogP contribution in [-0.2, 0) is 19.6 Å². The van der Waals surface area contributed by atoms with Crippen LogP contribution < -0.4 is 0 Å². The van der Waals surface area contributed by atoms with E-state index in [0.717, 1.165) is 12.8 Å². The van der Waals surface area contributed by atoms with Crippen LogP contribution in [0.15, 0.2) is 0 Å². The molecule has 2 unspecified atom stereocenters. The summed E-state index contributed by atoms with van der Waals surface area (Å²) in [4.78, 5) is 11.4. The van der Waals surface area contributed by atoms with E-state index in [2.05, 4.69) is 0 Å². The van der Waals surface area contributed by atoms with Crippen LogP contribution in [-0.4, -0.2) is 59.4 Å². The average Bonchev–Trinajstić information content (AvgIpc) is 3.17. The Balaban J connectivity index is 1.87. The van der Waals surface area contributed by atoms with Crippen molar-refractivity contribution in [2.24, 2.45) is 5.92 Å². The van der Waals surface area contributed by atoms with E-state index in [4.69, 9.17) is 4.74 Å². The van der Waals surface area contributed by atoms with Gasteiger partial charge in [-0.2, -0.15) is 4.31 Å². The summed E-state index contributed by atoms with van der Waals surface area (Å²) >= 11 is 1.48. The summed E-state index contributed by atoms with van der Waals surface area (Å²) in [7, 11) is -3.56. The number of carboxylic acid groups (broad SMARTS) is 1. The van der Waals surface area contributed by atoms with E-state index in [1.807, 2.05) is 0 Å². The van der Waals surface area contributed by atoms with Gasteiger partial charge in [-0.1, -0.05) is 0 Å². The monoisotopic (exact) mass is 321 g/mol. The number of nitrogens with zero attached hydrogens (tertiary/aromatic N) is 1. The van der Waals surface area contributed by atoms with E-state index in [1.54, 1.807) is 0 Å². The number of thioether (sulfide) groups is 1. The first-order chi connectivity index (χ1) is 9.51. The van der Waals surface area contributed by atoms with Gasteiger partial charge in [0.05, 0.1) is 10.6 Å². The van der Waals surface area contributed by atoms with Crippen LogP contribution in [0.1, 0.15) is 25.7 Å². The summed E-state index contributed by atoms with van der Waals surface area (Å²) in [6.07, 6.45) is 2.94. The van der Waals surface area contributed by atoms with Gasteiger partial charge in [0.2, 0.25) is 10.0 Å². The number of carboxylic acids is 1. The van der Waals surface area contributed by atoms with E-state index in [9.17, 15) is 18.3 Å². The summed E-state index contributed by atoms with van der Waals surface area (Å²) in [5.74, 6) is -0.339. The minimum atomic E-state index is -3.56. The zero-order chi connectivity index (χ0) is 14.3. The van der Waals surface area contributed by atoms with E-state index in [-0.39, 0.29) is 5.37 Å². The summed E-state index contributed by atoms with van der Waals surface area (Å²) in [5, 5.41) is 8.66. The van der Waals surface area contributed by atoms with Crippen LogP contribution in [0.5, 0.6) is 0 Å². The third-order valence-corrected chi connectivity index (χ3v) is 8.15. The number of carbonyl (C=O) groups is 1. The van der Waals surface area contributed by atoms with Crippen molar-refractivity contribution in [3.05, 3.63) is 0 Å². The van der Waals surface area contributed by atoms with Crippen molar-refractivity contribution < 1.29 is 23.1 Å². The van der Waals surface area contributed by atoms with Gasteiger partial charge in [0.25, 0.3) is 0 Å². The summed E-state index contributed by atoms with van der Waals surface area (Å²) in [5.41, 5.74) is 0. The third kappa shape index (κ3) is 2.58. The first-order valence-electron chi connectivity index (χ1n) is 6.96. The third-order valence-electron chi connectivity index (χ3n) is 4.18. The second-order valence-corrected chi connectivity index (χ2v) is 8.87. The largest absolute Gasteiger partial charge is 0.480 e. The van der Waals surface area contributed by atoms with Gasteiger partial charge in [-0.15, -0.1) is 11.8 Å². The molecule has 0 spiro atoms. The summed E-state index contributed by atoms with van der Waals surface area (Å²) in [6, 6.07) is -0.904. The van der Waals surface area contributed by atoms with Crippen LogP contribution in [0, 0.1) is 5.92 Å². The lowest BCUT2D eigenvalue weighted by atomic mass is 10.2. The molecule has 0 aromatic rings. The highest BCUT2D eigenvalue weighted by Crippen LogP contribution is 2.47. The number of aliphatic carboxylic acids is 1. The summed E-state index contributed by atoms with van der Waals surface area (Å²) < 4.78 is 32.2. The van der Waals surface area contributed by atoms with Crippen LogP contribution in [0.2, 0.25) is 0 Å². The number of hydrogen-bond donors (Lipinski definition) is 1. The molecule has 3 aliphatic rings. The quantitative estimate of drug-likeness (QED) is 0.822. The molecule has 0 bridgehead atoms. The van der Waals surface area contributed by atoms with Gasteiger partial charge in [-0.05, 0) is 31.6 Å². The van der Waals surface area contributed by atoms with Gasteiger partial charge in [0, 0.05) is 19.0 Å². The van der Waals surface area contributed by atoms with Gasteiger partial charge in [-0.3, -0.25) is 4.79 Å². The SMILES string of the molecule is O=C(O)C1CSC(C2CC2)N1S(=O)(=O)C1CCOCC1. The average molecular weight is 321 g/mol. The van der Waals surface area contributed by atoms with E-state index in [1.165, 1.54) is 16.1 Å². The molecule has 0 aromatic heterocycles. The van der Waals surface area contributed by atoms with Crippen LogP contribution in [0.4, 0.5) is 0 Å². The molecule has 3 rings (SSSR count). The summed E-state index contributed by atoms with van der Waals surface area (Å²) in [6.45, 7) is 0.882. The highest BCUT2D eigenvalue weighted by Gasteiger charge is 2.52. The molecule has 8 heteroatoms. The van der Waals surface area contributed by atoms with Gasteiger partial charge < -0.3 is 9.84 Å². The Morgan fingerprint density at radius 3 is 2.40 bits per heavy atom. The topological polar surface area (TPSA) is 83.9 Å². The second kappa shape index (κ2) is 5.47. The maximum atomic E-state index is 12.8. The van der Waals surface area contributed by atoms with Crippen molar-refractivity contribution in [2.75, 3.05) is 19.0 Å². The van der Waals surface area contributed by atoms with Gasteiger partial charge in [0.1, 0.15) is 6.04 Å². The first-order valence-corrected chi connectivity index (χ1v) is 9.51. The fourth-order valence-corrected chi connectivity index (χ4v) is 7.16. The number of sulfonamides is 1. The Labute approximate surface area is 122 Å². The fourth-order valence-electron chi connectivity index (χ4n) is 2.89. The second-order valence-electron chi connectivity index (χ2n) is 5.60. The maximum absolute atomic E-state index is 12.8. The van der Waals surface area contributed by atoms with Crippen molar-refractivity contribution in [1.29, 1.82) is 0 Å². The molecule has 1 aliphatic carbocycles. The van der Waals surface area contributed by atoms with Gasteiger partial charge in [-0.25, -0.2) is 8.42 Å². The van der Waals surface area contributed by atoms with Crippen LogP contribution >= 0.6 is 11.8 Å². The fraction of sp³-hybridized carbons (Fsp3) is 0.917. The Hall–Kier alpha value is -0.310. The number of hydrogen-bond acceptors (Lipinski definition) is 5. The standard InChI is InChI=1S/C12H19NO5S2/c14-12(15)10-7-19-11(8-1-2-8)13(10)20(16,17)9-3-5-18-6-4-9/h8-11H,1-7H2,(H,14,15). The molecule has 2 heterocycles. The van der Waals surface area contributed by atoms with Crippen molar-refractivity contribution in [3.8, 4) is 0 Å². The molecule has 0 aromatic carbocycles. The Morgan fingerprint density at radius 2 is 1.85 bits per heavy atom. The van der Waals surface area contributed by atoms with Crippen LogP contribution in [0.25, 0.3) is 0 Å². The zero-order valence-electron chi connectivity index (χ0n) is 11.1. The molecule has 0 radical (unpaired) electrons. The normalized spacial score (nSPS) is 33.4. The highest BCUT2D eigenvalue weighted by atomic mass is 32.2. The Kier molecular flexibility index (Phi) is 4.00. The molecule has 1 saturated carbocycles. The van der Waals surface area contributed by atoms with Crippen molar-refractivity contribution in [2.45, 2.75) is 42.3 Å². The molecule has 114 valence electrons. The molecule has 3 fully saturated rings. The number of rotatable bonds is 4. The van der Waals surface area contributed by atoms with Crippen molar-refractivity contribution in [1.82, 2.24) is 4.31 Å². The lowest BCUT2D eigenvalue weighted by Crippen LogP contribution is -2.50.